The molecule has 0 aliphatic heterocycles. The molecule has 17 heavy (non-hydrogen) atoms. The topological polar surface area (TPSA) is 21.3 Å². The maximum atomic E-state index is 13.2. The number of halogens is 1. The number of nitrogens with one attached hydrogen (secondary N) is 1. The Kier molecular flexibility index (Phi) is 6.16. The van der Waals surface area contributed by atoms with Gasteiger partial charge in [0.2, 0.25) is 0 Å². The number of ether oxygens (including phenoxy) is 1. The molecule has 2 atom stereocenters. The highest BCUT2D eigenvalue weighted by Crippen LogP contribution is 2.18. The van der Waals surface area contributed by atoms with Crippen molar-refractivity contribution in [2.45, 2.75) is 38.8 Å². The SMILES string of the molecule is CCC(NC(C)CCOC)c1cccc(F)c1. The van der Waals surface area contributed by atoms with Gasteiger partial charge in [-0.1, -0.05) is 19.1 Å². The lowest BCUT2D eigenvalue weighted by molar-refractivity contribution is 0.182. The minimum absolute atomic E-state index is 0.174. The number of hydrogen-bond donors (Lipinski definition) is 1. The minimum Gasteiger partial charge on any atom is -0.385 e. The van der Waals surface area contributed by atoms with Crippen LogP contribution in [0.25, 0.3) is 0 Å². The summed E-state index contributed by atoms with van der Waals surface area (Å²) in [6.45, 7) is 4.97. The summed E-state index contributed by atoms with van der Waals surface area (Å²) in [5.41, 5.74) is 1.01. The molecule has 0 radical (unpaired) electrons. The van der Waals surface area contributed by atoms with Crippen molar-refractivity contribution in [1.29, 1.82) is 0 Å². The molecule has 0 fully saturated rings. The van der Waals surface area contributed by atoms with Crippen molar-refractivity contribution in [2.24, 2.45) is 0 Å². The predicted octanol–water partition coefficient (Wildman–Crippen LogP) is 3.29. The van der Waals surface area contributed by atoms with Crippen molar-refractivity contribution >= 4 is 0 Å². The van der Waals surface area contributed by atoms with Gasteiger partial charge in [0.15, 0.2) is 0 Å². The Balaban J connectivity index is 2.59. The zero-order valence-electron chi connectivity index (χ0n) is 10.9. The highest BCUT2D eigenvalue weighted by atomic mass is 19.1. The third-order valence-corrected chi connectivity index (χ3v) is 2.90. The van der Waals surface area contributed by atoms with E-state index in [2.05, 4.69) is 19.2 Å². The molecule has 0 saturated carbocycles. The molecule has 1 aromatic carbocycles. The van der Waals surface area contributed by atoms with Crippen LogP contribution in [0.3, 0.4) is 0 Å². The van der Waals surface area contributed by atoms with Crippen LogP contribution in [0, 0.1) is 5.82 Å². The molecule has 0 aliphatic carbocycles. The maximum Gasteiger partial charge on any atom is 0.123 e. The molecular weight excluding hydrogens is 217 g/mol. The van der Waals surface area contributed by atoms with Gasteiger partial charge in [0.05, 0.1) is 0 Å². The van der Waals surface area contributed by atoms with Gasteiger partial charge < -0.3 is 10.1 Å². The molecule has 1 rings (SSSR count). The maximum absolute atomic E-state index is 13.2. The van der Waals surface area contributed by atoms with Crippen molar-refractivity contribution in [3.63, 3.8) is 0 Å². The normalized spacial score (nSPS) is 14.6. The van der Waals surface area contributed by atoms with Crippen LogP contribution in [0.5, 0.6) is 0 Å². The average molecular weight is 239 g/mol. The third kappa shape index (κ3) is 4.84. The van der Waals surface area contributed by atoms with Crippen LogP contribution in [0.15, 0.2) is 24.3 Å². The molecule has 0 bridgehead atoms. The van der Waals surface area contributed by atoms with Gasteiger partial charge in [-0.05, 0) is 37.5 Å². The molecule has 2 unspecified atom stereocenters. The van der Waals surface area contributed by atoms with E-state index in [0.717, 1.165) is 25.0 Å². The van der Waals surface area contributed by atoms with E-state index in [0.29, 0.717) is 6.04 Å². The first kappa shape index (κ1) is 14.1. The second-order valence-electron chi connectivity index (χ2n) is 4.37. The molecule has 0 amide bonds. The summed E-state index contributed by atoms with van der Waals surface area (Å²) in [4.78, 5) is 0. The highest BCUT2D eigenvalue weighted by molar-refractivity contribution is 5.20. The van der Waals surface area contributed by atoms with Gasteiger partial charge in [-0.2, -0.15) is 0 Å². The summed E-state index contributed by atoms with van der Waals surface area (Å²) in [5, 5.41) is 3.50. The molecular formula is C14H22FNO. The van der Waals surface area contributed by atoms with Crippen LogP contribution in [0.2, 0.25) is 0 Å². The summed E-state index contributed by atoms with van der Waals surface area (Å²) >= 11 is 0. The van der Waals surface area contributed by atoms with E-state index < -0.39 is 0 Å². The molecule has 1 aromatic rings. The number of rotatable bonds is 7. The van der Waals surface area contributed by atoms with Gasteiger partial charge in [0.1, 0.15) is 5.82 Å². The van der Waals surface area contributed by atoms with Crippen LogP contribution in [-0.4, -0.2) is 19.8 Å². The first-order valence-corrected chi connectivity index (χ1v) is 6.17. The van der Waals surface area contributed by atoms with Crippen molar-refractivity contribution in [2.75, 3.05) is 13.7 Å². The van der Waals surface area contributed by atoms with Gasteiger partial charge in [0.25, 0.3) is 0 Å². The quantitative estimate of drug-likeness (QED) is 0.788. The summed E-state index contributed by atoms with van der Waals surface area (Å²) in [6.07, 6.45) is 1.91. The van der Waals surface area contributed by atoms with Gasteiger partial charge >= 0.3 is 0 Å². The number of methoxy groups -OCH3 is 1. The lowest BCUT2D eigenvalue weighted by Crippen LogP contribution is -2.31. The monoisotopic (exact) mass is 239 g/mol. The highest BCUT2D eigenvalue weighted by Gasteiger charge is 2.12. The van der Waals surface area contributed by atoms with Gasteiger partial charge in [-0.15, -0.1) is 0 Å². The van der Waals surface area contributed by atoms with E-state index in [1.165, 1.54) is 6.07 Å². The van der Waals surface area contributed by atoms with E-state index in [9.17, 15) is 4.39 Å². The Labute approximate surface area is 103 Å². The zero-order valence-corrected chi connectivity index (χ0v) is 10.9. The zero-order chi connectivity index (χ0) is 12.7. The fourth-order valence-corrected chi connectivity index (χ4v) is 1.89. The summed E-state index contributed by atoms with van der Waals surface area (Å²) in [6, 6.07) is 7.37. The number of benzene rings is 1. The van der Waals surface area contributed by atoms with Crippen molar-refractivity contribution in [3.8, 4) is 0 Å². The Morgan fingerprint density at radius 3 is 2.76 bits per heavy atom. The van der Waals surface area contributed by atoms with E-state index >= 15 is 0 Å². The second-order valence-corrected chi connectivity index (χ2v) is 4.37. The smallest absolute Gasteiger partial charge is 0.123 e. The largest absolute Gasteiger partial charge is 0.385 e. The molecule has 0 aliphatic rings. The van der Waals surface area contributed by atoms with Crippen LogP contribution >= 0.6 is 0 Å². The molecule has 0 aromatic heterocycles. The molecule has 2 nitrogen and oxygen atoms in total. The van der Waals surface area contributed by atoms with Crippen molar-refractivity contribution < 1.29 is 9.13 Å². The standard InChI is InChI=1S/C14H22FNO/c1-4-14(16-11(2)8-9-17-3)12-6-5-7-13(15)10-12/h5-7,10-11,14,16H,4,8-9H2,1-3H3. The lowest BCUT2D eigenvalue weighted by Gasteiger charge is -2.22. The summed E-state index contributed by atoms with van der Waals surface area (Å²) in [5.74, 6) is -0.174. The molecule has 1 N–H and O–H groups in total. The van der Waals surface area contributed by atoms with Crippen molar-refractivity contribution in [3.05, 3.63) is 35.6 Å². The Bertz CT molecular complexity index is 330. The fourth-order valence-electron chi connectivity index (χ4n) is 1.89. The molecule has 0 saturated heterocycles. The average Bonchev–Trinajstić information content (AvgIpc) is 2.33. The van der Waals surface area contributed by atoms with E-state index in [-0.39, 0.29) is 11.9 Å². The van der Waals surface area contributed by atoms with Gasteiger partial charge in [-0.3, -0.25) is 0 Å². The molecule has 3 heteroatoms. The molecule has 0 spiro atoms. The first-order chi connectivity index (χ1) is 8.17. The van der Waals surface area contributed by atoms with Crippen molar-refractivity contribution in [1.82, 2.24) is 5.32 Å². The lowest BCUT2D eigenvalue weighted by atomic mass is 10.0. The third-order valence-electron chi connectivity index (χ3n) is 2.90. The number of hydrogen-bond acceptors (Lipinski definition) is 2. The summed E-state index contributed by atoms with van der Waals surface area (Å²) < 4.78 is 18.2. The fraction of sp³-hybridized carbons (Fsp3) is 0.571. The predicted molar refractivity (Wildman–Crippen MR) is 68.5 cm³/mol. The van der Waals surface area contributed by atoms with Crippen LogP contribution in [-0.2, 0) is 4.74 Å². The second kappa shape index (κ2) is 7.41. The van der Waals surface area contributed by atoms with Gasteiger partial charge in [-0.25, -0.2) is 4.39 Å². The van der Waals surface area contributed by atoms with E-state index in [4.69, 9.17) is 4.74 Å². The van der Waals surface area contributed by atoms with Crippen LogP contribution < -0.4 is 5.32 Å². The van der Waals surface area contributed by atoms with Crippen LogP contribution in [0.1, 0.15) is 38.3 Å². The van der Waals surface area contributed by atoms with E-state index in [1.807, 2.05) is 6.07 Å². The van der Waals surface area contributed by atoms with Gasteiger partial charge in [0, 0.05) is 25.8 Å². The first-order valence-electron chi connectivity index (χ1n) is 6.17. The Morgan fingerprint density at radius 1 is 1.41 bits per heavy atom. The minimum atomic E-state index is -0.174. The Morgan fingerprint density at radius 2 is 2.18 bits per heavy atom. The van der Waals surface area contributed by atoms with E-state index in [1.54, 1.807) is 19.2 Å². The molecule has 96 valence electrons. The summed E-state index contributed by atoms with van der Waals surface area (Å²) in [7, 11) is 1.70. The molecule has 0 heterocycles. The van der Waals surface area contributed by atoms with Crippen LogP contribution in [0.4, 0.5) is 4.39 Å². The Hall–Kier alpha value is -0.930.